The molecule has 1 saturated carbocycles. The molecule has 0 spiro atoms. The summed E-state index contributed by atoms with van der Waals surface area (Å²) in [5.41, 5.74) is -0.474. The molecule has 0 bridgehead atoms. The van der Waals surface area contributed by atoms with Gasteiger partial charge in [-0.3, -0.25) is 4.79 Å². The summed E-state index contributed by atoms with van der Waals surface area (Å²) in [6.45, 7) is 4.50. The Labute approximate surface area is 109 Å². The zero-order chi connectivity index (χ0) is 14.3. The van der Waals surface area contributed by atoms with Gasteiger partial charge in [-0.05, 0) is 36.0 Å². The molecule has 0 radical (unpaired) electrons. The summed E-state index contributed by atoms with van der Waals surface area (Å²) in [5, 5.41) is 0. The highest BCUT2D eigenvalue weighted by atomic mass is 19.4. The molecule has 5 heteroatoms. The monoisotopic (exact) mass is 272 g/mol. The highest BCUT2D eigenvalue weighted by Gasteiger charge is 2.46. The maximum Gasteiger partial charge on any atom is 0.416 e. The third-order valence-electron chi connectivity index (χ3n) is 3.63. The van der Waals surface area contributed by atoms with Gasteiger partial charge in [0, 0.05) is 0 Å². The molecule has 0 aromatic heterocycles. The van der Waals surface area contributed by atoms with Crippen LogP contribution in [0.1, 0.15) is 36.2 Å². The Morgan fingerprint density at radius 3 is 2.53 bits per heavy atom. The molecule has 1 atom stereocenters. The van der Waals surface area contributed by atoms with E-state index in [1.54, 1.807) is 0 Å². The zero-order valence-corrected chi connectivity index (χ0v) is 10.8. The molecule has 1 aliphatic rings. The van der Waals surface area contributed by atoms with Crippen LogP contribution >= 0.6 is 0 Å². The van der Waals surface area contributed by atoms with Crippen molar-refractivity contribution in [2.75, 3.05) is 6.61 Å². The lowest BCUT2D eigenvalue weighted by Crippen LogP contribution is -2.09. The van der Waals surface area contributed by atoms with E-state index in [4.69, 9.17) is 4.74 Å². The first-order chi connectivity index (χ1) is 8.74. The summed E-state index contributed by atoms with van der Waals surface area (Å²) >= 11 is 0. The Kier molecular flexibility index (Phi) is 3.32. The molecule has 0 N–H and O–H groups in total. The summed E-state index contributed by atoms with van der Waals surface area (Å²) < 4.78 is 43.2. The van der Waals surface area contributed by atoms with E-state index in [0.29, 0.717) is 18.8 Å². The Balaban J connectivity index is 2.15. The number of benzene rings is 1. The number of aldehydes is 1. The molecule has 19 heavy (non-hydrogen) atoms. The second-order valence-corrected chi connectivity index (χ2v) is 5.57. The Hall–Kier alpha value is -1.52. The fraction of sp³-hybridized carbons (Fsp3) is 0.500. The summed E-state index contributed by atoms with van der Waals surface area (Å²) in [4.78, 5) is 10.8. The molecule has 0 heterocycles. The van der Waals surface area contributed by atoms with Crippen LogP contribution < -0.4 is 4.74 Å². The van der Waals surface area contributed by atoms with Gasteiger partial charge in [0.15, 0.2) is 6.29 Å². The van der Waals surface area contributed by atoms with Crippen LogP contribution in [0, 0.1) is 11.3 Å². The lowest BCUT2D eigenvalue weighted by Gasteiger charge is -2.12. The molecular weight excluding hydrogens is 257 g/mol. The van der Waals surface area contributed by atoms with E-state index in [9.17, 15) is 18.0 Å². The van der Waals surface area contributed by atoms with Crippen LogP contribution in [-0.4, -0.2) is 12.9 Å². The van der Waals surface area contributed by atoms with Gasteiger partial charge in [0.05, 0.1) is 17.7 Å². The average Bonchev–Trinajstić information content (AvgIpc) is 2.93. The zero-order valence-electron chi connectivity index (χ0n) is 10.8. The van der Waals surface area contributed by atoms with Crippen molar-refractivity contribution in [3.8, 4) is 5.75 Å². The molecule has 104 valence electrons. The van der Waals surface area contributed by atoms with E-state index in [2.05, 4.69) is 13.8 Å². The second kappa shape index (κ2) is 4.54. The number of carbonyl (C=O) groups excluding carboxylic acids is 1. The number of halogens is 3. The van der Waals surface area contributed by atoms with Gasteiger partial charge in [-0.15, -0.1) is 0 Å². The molecule has 0 amide bonds. The van der Waals surface area contributed by atoms with Gasteiger partial charge in [-0.2, -0.15) is 13.2 Å². The van der Waals surface area contributed by atoms with E-state index >= 15 is 0 Å². The van der Waals surface area contributed by atoms with Gasteiger partial charge in [0.1, 0.15) is 5.75 Å². The smallest absolute Gasteiger partial charge is 0.416 e. The number of hydrogen-bond donors (Lipinski definition) is 0. The molecule has 2 nitrogen and oxygen atoms in total. The fourth-order valence-electron chi connectivity index (χ4n) is 1.98. The lowest BCUT2D eigenvalue weighted by molar-refractivity contribution is -0.137. The number of carbonyl (C=O) groups is 1. The highest BCUT2D eigenvalue weighted by Crippen LogP contribution is 2.51. The quantitative estimate of drug-likeness (QED) is 0.776. The largest absolute Gasteiger partial charge is 0.493 e. The molecule has 2 rings (SSSR count). The van der Waals surface area contributed by atoms with Crippen LogP contribution in [0.15, 0.2) is 18.2 Å². The van der Waals surface area contributed by atoms with Crippen LogP contribution in [0.3, 0.4) is 0 Å². The first kappa shape index (κ1) is 13.9. The van der Waals surface area contributed by atoms with Crippen molar-refractivity contribution in [3.05, 3.63) is 29.3 Å². The predicted octanol–water partition coefficient (Wildman–Crippen LogP) is 3.94. The number of ether oxygens (including phenoxy) is 1. The fourth-order valence-corrected chi connectivity index (χ4v) is 1.98. The molecule has 0 saturated heterocycles. The normalized spacial score (nSPS) is 21.0. The third kappa shape index (κ3) is 3.08. The molecular formula is C14H15F3O2. The molecule has 1 aromatic rings. The van der Waals surface area contributed by atoms with Crippen molar-refractivity contribution in [2.45, 2.75) is 26.4 Å². The van der Waals surface area contributed by atoms with Crippen molar-refractivity contribution in [1.82, 2.24) is 0 Å². The molecule has 1 aliphatic carbocycles. The summed E-state index contributed by atoms with van der Waals surface area (Å²) in [6, 6.07) is 2.92. The van der Waals surface area contributed by atoms with Crippen molar-refractivity contribution in [1.29, 1.82) is 0 Å². The Morgan fingerprint density at radius 2 is 2.05 bits per heavy atom. The van der Waals surface area contributed by atoms with Crippen molar-refractivity contribution >= 4 is 6.29 Å². The summed E-state index contributed by atoms with van der Waals surface area (Å²) in [6.07, 6.45) is -2.94. The average molecular weight is 272 g/mol. The first-order valence-corrected chi connectivity index (χ1v) is 6.03. The van der Waals surface area contributed by atoms with E-state index in [-0.39, 0.29) is 16.7 Å². The van der Waals surface area contributed by atoms with Gasteiger partial charge in [0.25, 0.3) is 0 Å². The Bertz CT molecular complexity index is 492. The second-order valence-electron chi connectivity index (χ2n) is 5.57. The highest BCUT2D eigenvalue weighted by molar-refractivity contribution is 5.79. The van der Waals surface area contributed by atoms with Crippen molar-refractivity contribution in [2.24, 2.45) is 11.3 Å². The number of hydrogen-bond acceptors (Lipinski definition) is 2. The number of rotatable bonds is 4. The van der Waals surface area contributed by atoms with Gasteiger partial charge >= 0.3 is 6.18 Å². The summed E-state index contributed by atoms with van der Waals surface area (Å²) in [7, 11) is 0. The molecule has 1 aromatic carbocycles. The van der Waals surface area contributed by atoms with E-state index < -0.39 is 11.7 Å². The predicted molar refractivity (Wildman–Crippen MR) is 64.2 cm³/mol. The van der Waals surface area contributed by atoms with Crippen LogP contribution in [0.2, 0.25) is 0 Å². The van der Waals surface area contributed by atoms with E-state index in [0.717, 1.165) is 24.6 Å². The minimum absolute atomic E-state index is 0.00697. The molecule has 1 unspecified atom stereocenters. The minimum atomic E-state index is -4.43. The van der Waals surface area contributed by atoms with Crippen molar-refractivity contribution < 1.29 is 22.7 Å². The van der Waals surface area contributed by atoms with Crippen LogP contribution in [0.4, 0.5) is 13.2 Å². The van der Waals surface area contributed by atoms with E-state index in [1.165, 1.54) is 0 Å². The standard InChI is InChI=1S/C14H15F3O2/c1-13(2)6-11(13)8-19-12-5-10(14(15,16)17)4-3-9(12)7-18/h3-5,7,11H,6,8H2,1-2H3. The minimum Gasteiger partial charge on any atom is -0.493 e. The number of alkyl halides is 3. The Morgan fingerprint density at radius 1 is 1.42 bits per heavy atom. The maximum absolute atomic E-state index is 12.6. The van der Waals surface area contributed by atoms with E-state index in [1.807, 2.05) is 0 Å². The third-order valence-corrected chi connectivity index (χ3v) is 3.63. The first-order valence-electron chi connectivity index (χ1n) is 6.03. The van der Waals surface area contributed by atoms with Gasteiger partial charge in [0.2, 0.25) is 0 Å². The summed E-state index contributed by atoms with van der Waals surface area (Å²) in [5.74, 6) is 0.342. The van der Waals surface area contributed by atoms with Gasteiger partial charge in [-0.1, -0.05) is 13.8 Å². The van der Waals surface area contributed by atoms with Crippen LogP contribution in [-0.2, 0) is 6.18 Å². The van der Waals surface area contributed by atoms with Crippen LogP contribution in [0.25, 0.3) is 0 Å². The van der Waals surface area contributed by atoms with Crippen LogP contribution in [0.5, 0.6) is 5.75 Å². The SMILES string of the molecule is CC1(C)CC1COc1cc(C(F)(F)F)ccc1C=O. The topological polar surface area (TPSA) is 26.3 Å². The van der Waals surface area contributed by atoms with Crippen molar-refractivity contribution in [3.63, 3.8) is 0 Å². The molecule has 1 fully saturated rings. The van der Waals surface area contributed by atoms with Gasteiger partial charge in [-0.25, -0.2) is 0 Å². The lowest BCUT2D eigenvalue weighted by atomic mass is 10.1. The molecule has 0 aliphatic heterocycles. The maximum atomic E-state index is 12.6. The van der Waals surface area contributed by atoms with Gasteiger partial charge < -0.3 is 4.74 Å².